The quantitative estimate of drug-likeness (QED) is 0.789. The van der Waals surface area contributed by atoms with E-state index < -0.39 is 0 Å². The Morgan fingerprint density at radius 1 is 1.12 bits per heavy atom. The molecule has 0 bridgehead atoms. The van der Waals surface area contributed by atoms with Crippen LogP contribution in [0.15, 0.2) is 0 Å². The first kappa shape index (κ1) is 12.4. The fourth-order valence-electron chi connectivity index (χ4n) is 3.68. The smallest absolute Gasteiger partial charge is 0.0120 e. The second kappa shape index (κ2) is 6.02. The fraction of sp³-hybridized carbons (Fsp3) is 1.00. The largest absolute Gasteiger partial charge is 0.317 e. The van der Waals surface area contributed by atoms with Crippen LogP contribution in [0.25, 0.3) is 0 Å². The molecule has 2 unspecified atom stereocenters. The van der Waals surface area contributed by atoms with Gasteiger partial charge in [0.05, 0.1) is 0 Å². The van der Waals surface area contributed by atoms with Crippen LogP contribution in [0.2, 0.25) is 0 Å². The van der Waals surface area contributed by atoms with Gasteiger partial charge in [-0.3, -0.25) is 0 Å². The van der Waals surface area contributed by atoms with Gasteiger partial charge in [-0.15, -0.1) is 0 Å². The summed E-state index contributed by atoms with van der Waals surface area (Å²) < 4.78 is 0. The lowest BCUT2D eigenvalue weighted by atomic mass is 9.94. The Kier molecular flexibility index (Phi) is 4.66. The molecule has 2 heteroatoms. The molecule has 0 aromatic rings. The summed E-state index contributed by atoms with van der Waals surface area (Å²) in [6.45, 7) is 6.17. The van der Waals surface area contributed by atoms with Gasteiger partial charge in [-0.2, -0.15) is 0 Å². The Morgan fingerprint density at radius 2 is 1.88 bits per heavy atom. The van der Waals surface area contributed by atoms with Gasteiger partial charge in [-0.05, 0) is 57.7 Å². The summed E-state index contributed by atoms with van der Waals surface area (Å²) in [6, 6.07) is 0.889. The first-order valence-electron chi connectivity index (χ1n) is 7.22. The van der Waals surface area contributed by atoms with Crippen molar-refractivity contribution >= 4 is 0 Å². The highest BCUT2D eigenvalue weighted by atomic mass is 15.1. The van der Waals surface area contributed by atoms with Gasteiger partial charge in [0.25, 0.3) is 0 Å². The molecule has 94 valence electrons. The molecule has 2 aliphatic rings. The SMILES string of the molecule is CCC1CCCC1N(C)CC1CCNCC1. The fourth-order valence-corrected chi connectivity index (χ4v) is 3.68. The molecule has 0 aromatic carbocycles. The third kappa shape index (κ3) is 2.98. The molecule has 1 heterocycles. The van der Waals surface area contributed by atoms with E-state index in [1.807, 2.05) is 0 Å². The van der Waals surface area contributed by atoms with E-state index in [0.717, 1.165) is 17.9 Å². The van der Waals surface area contributed by atoms with Crippen molar-refractivity contribution in [3.63, 3.8) is 0 Å². The Hall–Kier alpha value is -0.0800. The van der Waals surface area contributed by atoms with Crippen molar-refractivity contribution in [1.82, 2.24) is 10.2 Å². The second-order valence-corrected chi connectivity index (χ2v) is 5.80. The van der Waals surface area contributed by atoms with Crippen LogP contribution in [-0.2, 0) is 0 Å². The monoisotopic (exact) mass is 224 g/mol. The Labute approximate surface area is 101 Å². The van der Waals surface area contributed by atoms with E-state index in [-0.39, 0.29) is 0 Å². The number of nitrogens with zero attached hydrogens (tertiary/aromatic N) is 1. The van der Waals surface area contributed by atoms with Gasteiger partial charge >= 0.3 is 0 Å². The molecule has 16 heavy (non-hydrogen) atoms. The molecular formula is C14H28N2. The van der Waals surface area contributed by atoms with E-state index in [1.54, 1.807) is 0 Å². The summed E-state index contributed by atoms with van der Waals surface area (Å²) in [5, 5.41) is 3.46. The highest BCUT2D eigenvalue weighted by molar-refractivity contribution is 4.84. The zero-order chi connectivity index (χ0) is 11.4. The van der Waals surface area contributed by atoms with Gasteiger partial charge < -0.3 is 10.2 Å². The molecule has 2 rings (SSSR count). The Balaban J connectivity index is 1.79. The molecule has 0 amide bonds. The summed E-state index contributed by atoms with van der Waals surface area (Å²) >= 11 is 0. The van der Waals surface area contributed by atoms with Crippen LogP contribution in [0.4, 0.5) is 0 Å². The van der Waals surface area contributed by atoms with E-state index >= 15 is 0 Å². The lowest BCUT2D eigenvalue weighted by molar-refractivity contribution is 0.154. The molecule has 0 radical (unpaired) electrons. The van der Waals surface area contributed by atoms with Crippen molar-refractivity contribution < 1.29 is 0 Å². The van der Waals surface area contributed by atoms with Crippen LogP contribution in [0.3, 0.4) is 0 Å². The number of hydrogen-bond donors (Lipinski definition) is 1. The molecule has 0 spiro atoms. The van der Waals surface area contributed by atoms with E-state index in [9.17, 15) is 0 Å². The van der Waals surface area contributed by atoms with Crippen LogP contribution in [0.5, 0.6) is 0 Å². The first-order chi connectivity index (χ1) is 7.81. The molecule has 1 saturated carbocycles. The lowest BCUT2D eigenvalue weighted by Gasteiger charge is -2.33. The van der Waals surface area contributed by atoms with Gasteiger partial charge in [-0.25, -0.2) is 0 Å². The van der Waals surface area contributed by atoms with Crippen LogP contribution >= 0.6 is 0 Å². The molecule has 2 nitrogen and oxygen atoms in total. The van der Waals surface area contributed by atoms with Crippen molar-refractivity contribution in [2.45, 2.75) is 51.5 Å². The molecule has 2 fully saturated rings. The second-order valence-electron chi connectivity index (χ2n) is 5.80. The maximum atomic E-state index is 3.46. The Morgan fingerprint density at radius 3 is 2.56 bits per heavy atom. The first-order valence-corrected chi connectivity index (χ1v) is 7.22. The molecular weight excluding hydrogens is 196 g/mol. The predicted octanol–water partition coefficient (Wildman–Crippen LogP) is 2.50. The maximum Gasteiger partial charge on any atom is 0.0120 e. The van der Waals surface area contributed by atoms with Crippen molar-refractivity contribution in [2.24, 2.45) is 11.8 Å². The summed E-state index contributed by atoms with van der Waals surface area (Å²) in [4.78, 5) is 2.68. The topological polar surface area (TPSA) is 15.3 Å². The van der Waals surface area contributed by atoms with Crippen molar-refractivity contribution in [3.05, 3.63) is 0 Å². The van der Waals surface area contributed by atoms with Crippen LogP contribution in [0.1, 0.15) is 45.4 Å². The predicted molar refractivity (Wildman–Crippen MR) is 69.6 cm³/mol. The van der Waals surface area contributed by atoms with E-state index in [1.165, 1.54) is 58.2 Å². The highest BCUT2D eigenvalue weighted by Crippen LogP contribution is 2.32. The van der Waals surface area contributed by atoms with Crippen molar-refractivity contribution in [2.75, 3.05) is 26.7 Å². The van der Waals surface area contributed by atoms with Crippen LogP contribution < -0.4 is 5.32 Å². The molecule has 1 N–H and O–H groups in total. The normalized spacial score (nSPS) is 32.4. The summed E-state index contributed by atoms with van der Waals surface area (Å²) in [6.07, 6.45) is 8.51. The number of hydrogen-bond acceptors (Lipinski definition) is 2. The minimum Gasteiger partial charge on any atom is -0.317 e. The number of piperidine rings is 1. The average molecular weight is 224 g/mol. The lowest BCUT2D eigenvalue weighted by Crippen LogP contribution is -2.40. The van der Waals surface area contributed by atoms with Crippen molar-refractivity contribution in [1.29, 1.82) is 0 Å². The minimum atomic E-state index is 0.889. The van der Waals surface area contributed by atoms with Crippen LogP contribution in [0, 0.1) is 11.8 Å². The van der Waals surface area contributed by atoms with Gasteiger partial charge in [0, 0.05) is 12.6 Å². The van der Waals surface area contributed by atoms with Crippen LogP contribution in [-0.4, -0.2) is 37.6 Å². The number of nitrogens with one attached hydrogen (secondary N) is 1. The van der Waals surface area contributed by atoms with Crippen molar-refractivity contribution in [3.8, 4) is 0 Å². The Bertz CT molecular complexity index is 199. The van der Waals surface area contributed by atoms with E-state index in [4.69, 9.17) is 0 Å². The van der Waals surface area contributed by atoms with Gasteiger partial charge in [-0.1, -0.05) is 19.8 Å². The zero-order valence-corrected chi connectivity index (χ0v) is 11.0. The maximum absolute atomic E-state index is 3.46. The molecule has 1 aliphatic heterocycles. The third-order valence-electron chi connectivity index (χ3n) is 4.71. The summed E-state index contributed by atoms with van der Waals surface area (Å²) in [5.41, 5.74) is 0. The summed E-state index contributed by atoms with van der Waals surface area (Å²) in [7, 11) is 2.36. The minimum absolute atomic E-state index is 0.889. The summed E-state index contributed by atoms with van der Waals surface area (Å²) in [5.74, 6) is 1.93. The van der Waals surface area contributed by atoms with Gasteiger partial charge in [0.2, 0.25) is 0 Å². The van der Waals surface area contributed by atoms with E-state index in [0.29, 0.717) is 0 Å². The standard InChI is InChI=1S/C14H28N2/c1-3-13-5-4-6-14(13)16(2)11-12-7-9-15-10-8-12/h12-15H,3-11H2,1-2H3. The third-order valence-corrected chi connectivity index (χ3v) is 4.71. The molecule has 0 aromatic heterocycles. The zero-order valence-electron chi connectivity index (χ0n) is 11.0. The van der Waals surface area contributed by atoms with Gasteiger partial charge in [0.1, 0.15) is 0 Å². The number of rotatable bonds is 4. The highest BCUT2D eigenvalue weighted by Gasteiger charge is 2.30. The van der Waals surface area contributed by atoms with Gasteiger partial charge in [0.15, 0.2) is 0 Å². The average Bonchev–Trinajstić information content (AvgIpc) is 2.78. The molecule has 1 saturated heterocycles. The molecule has 2 atom stereocenters. The van der Waals surface area contributed by atoms with E-state index in [2.05, 4.69) is 24.2 Å². The molecule has 1 aliphatic carbocycles.